The number of nitrogens with zero attached hydrogens (tertiary/aromatic N) is 4. The van der Waals surface area contributed by atoms with Gasteiger partial charge in [0.25, 0.3) is 0 Å². The van der Waals surface area contributed by atoms with Gasteiger partial charge in [-0.15, -0.1) is 48.3 Å². The largest absolute Gasteiger partial charge is 0.509 e. The Labute approximate surface area is 678 Å². The first-order valence-corrected chi connectivity index (χ1v) is 40.1. The van der Waals surface area contributed by atoms with Crippen molar-refractivity contribution >= 4 is 66.5 Å². The number of aromatic nitrogens is 2. The minimum absolute atomic E-state index is 0. The fourth-order valence-electron chi connectivity index (χ4n) is 15.9. The third-order valence-electron chi connectivity index (χ3n) is 22.8. The van der Waals surface area contributed by atoms with Crippen molar-refractivity contribution in [3.8, 4) is 61.8 Å². The van der Waals surface area contributed by atoms with Crippen molar-refractivity contribution < 1.29 is 30.2 Å². The van der Waals surface area contributed by atoms with Crippen molar-refractivity contribution in [2.45, 2.75) is 249 Å². The molecule has 3 aromatic heterocycles. The summed E-state index contributed by atoms with van der Waals surface area (Å²) in [7, 11) is 0. The van der Waals surface area contributed by atoms with E-state index in [4.69, 9.17) is 14.1 Å². The molecule has 0 unspecified atom stereocenters. The molecule has 1 aliphatic heterocycles. The molecule has 6 nitrogen and oxygen atoms in total. The average molecular weight is 1650 g/mol. The van der Waals surface area contributed by atoms with Crippen molar-refractivity contribution in [3.63, 3.8) is 0 Å². The zero-order valence-corrected chi connectivity index (χ0v) is 73.7. The van der Waals surface area contributed by atoms with Crippen LogP contribution < -0.4 is 14.5 Å². The number of rotatable bonds is 11. The smallest absolute Gasteiger partial charge is 0.135 e. The van der Waals surface area contributed by atoms with Crippen LogP contribution in [0.3, 0.4) is 0 Å². The van der Waals surface area contributed by atoms with Gasteiger partial charge in [0.05, 0.1) is 0 Å². The molecule has 13 aromatic rings. The molecule has 0 bridgehead atoms. The Hall–Kier alpha value is -8.96. The van der Waals surface area contributed by atoms with Gasteiger partial charge in [0, 0.05) is 83.2 Å². The second-order valence-corrected chi connectivity index (χ2v) is 40.4. The molecule has 0 amide bonds. The van der Waals surface area contributed by atoms with E-state index in [0.29, 0.717) is 11.5 Å². The molecule has 1 aliphatic rings. The van der Waals surface area contributed by atoms with Gasteiger partial charge < -0.3 is 23.5 Å². The fourth-order valence-corrected chi connectivity index (χ4v) is 15.9. The minimum atomic E-state index is -0.205. The standard InChI is InChI=1S/C104H117N4O2.Pt/c1-62(2)79-35-33-36-80(63(3)4)92(79)67-50-76(106-61-107(87-38-31-30-37-86(87)106)95-84(65-46-71(100(14,15)16)53-72(47-65)101(17,18)19)55-75(104(26,27)28)56-85(95)66-48-73(102(20,21)22)54-74(49-66)103(23,24)25)58-78(51-67)109-77-40-41-81-88(59-77)108(91-57-68(42-43-105-91)97(5,6)7)89-60-83(93-82-34-29-32-39-90(82)110-96(93)94(81)89)64-44-69(98(8,9)10)52-70(45-64)99(11,12)13;/h29-57,60-63H,1-28H3;/q-3;. The molecular weight excluding hydrogens is 1530 g/mol. The third-order valence-corrected chi connectivity index (χ3v) is 22.8. The van der Waals surface area contributed by atoms with Gasteiger partial charge in [-0.2, -0.15) is 6.07 Å². The van der Waals surface area contributed by atoms with E-state index in [9.17, 15) is 0 Å². The Balaban J connectivity index is 0.0000108. The van der Waals surface area contributed by atoms with Crippen LogP contribution in [0.1, 0.15) is 261 Å². The number of hydrogen-bond acceptors (Lipinski definition) is 5. The number of para-hydroxylation sites is 3. The molecule has 0 N–H and O–H groups in total. The van der Waals surface area contributed by atoms with Crippen LogP contribution in [0, 0.1) is 18.8 Å². The number of fused-ring (bicyclic) bond motifs is 8. The molecular formula is C104H117N4O2Pt-3. The molecule has 0 radical (unpaired) electrons. The summed E-state index contributed by atoms with van der Waals surface area (Å²) in [6, 6.07) is 75.0. The SMILES string of the molecule is CC(C)c1cccc(C(C)C)c1-c1cc(Oc2[c-]c3c(cc2)c2c4oc5ccccc5c4c(-c4cc(C(C)(C)C)cc(C(C)(C)C)c4)cc2n3-c2cc(C(C)(C)C)ccn2)[c-]c(N2[CH-]N(c3c(-c4cc(C(C)(C)C)cc(C(C)(C)C)c4)cc(C(C)(C)C)cc3-c3cc(C(C)(C)C)cc(C(C)(C)C)c3)c3ccccc32)c1.[Pt]. The summed E-state index contributed by atoms with van der Waals surface area (Å²) in [6.07, 6.45) is 1.96. The molecule has 14 rings (SSSR count). The van der Waals surface area contributed by atoms with Crippen LogP contribution in [0.25, 0.3) is 94.1 Å². The maximum Gasteiger partial charge on any atom is 0.135 e. The van der Waals surface area contributed by atoms with Gasteiger partial charge in [0.15, 0.2) is 0 Å². The van der Waals surface area contributed by atoms with E-state index in [1.165, 1.54) is 83.5 Å². The van der Waals surface area contributed by atoms with Crippen LogP contribution in [-0.4, -0.2) is 9.55 Å². The topological polar surface area (TPSA) is 46.7 Å². The van der Waals surface area contributed by atoms with Gasteiger partial charge in [0.1, 0.15) is 17.0 Å². The summed E-state index contributed by atoms with van der Waals surface area (Å²) >= 11 is 0. The van der Waals surface area contributed by atoms with Crippen LogP contribution in [0.5, 0.6) is 11.5 Å². The normalized spacial score (nSPS) is 13.6. The second-order valence-electron chi connectivity index (χ2n) is 40.4. The molecule has 0 aliphatic carbocycles. The number of benzene rings is 10. The average Bonchev–Trinajstić information content (AvgIpc) is 1.56. The summed E-state index contributed by atoms with van der Waals surface area (Å²) in [5, 5.41) is 4.13. The molecule has 0 fully saturated rings. The zero-order chi connectivity index (χ0) is 79.4. The van der Waals surface area contributed by atoms with E-state index >= 15 is 0 Å². The Bertz CT molecular complexity index is 5550. The number of pyridine rings is 1. The molecule has 4 heterocycles. The van der Waals surface area contributed by atoms with Gasteiger partial charge in [-0.1, -0.05) is 308 Å². The van der Waals surface area contributed by atoms with Crippen molar-refractivity contribution in [1.29, 1.82) is 0 Å². The van der Waals surface area contributed by atoms with E-state index in [2.05, 4.69) is 403 Å². The molecule has 578 valence electrons. The van der Waals surface area contributed by atoms with E-state index in [1.807, 2.05) is 6.20 Å². The van der Waals surface area contributed by atoms with Crippen LogP contribution in [0.2, 0.25) is 0 Å². The fraction of sp³-hybridized carbons (Fsp3) is 0.365. The first-order valence-electron chi connectivity index (χ1n) is 40.1. The van der Waals surface area contributed by atoms with Crippen molar-refractivity contribution in [2.24, 2.45) is 0 Å². The Morgan fingerprint density at radius 2 is 0.838 bits per heavy atom. The van der Waals surface area contributed by atoms with Crippen LogP contribution in [-0.2, 0) is 64.4 Å². The van der Waals surface area contributed by atoms with E-state index < -0.39 is 0 Å². The molecule has 0 spiro atoms. The third kappa shape index (κ3) is 15.4. The van der Waals surface area contributed by atoms with Gasteiger partial charge in [-0.05, 0) is 193 Å². The summed E-state index contributed by atoms with van der Waals surface area (Å²) < 4.78 is 17.1. The van der Waals surface area contributed by atoms with Crippen LogP contribution in [0.15, 0.2) is 187 Å². The minimum Gasteiger partial charge on any atom is -0.509 e. The predicted octanol–water partition coefficient (Wildman–Crippen LogP) is 30.2. The van der Waals surface area contributed by atoms with E-state index in [1.54, 1.807) is 0 Å². The number of ether oxygens (including phenoxy) is 1. The molecule has 0 saturated carbocycles. The number of anilines is 4. The summed E-state index contributed by atoms with van der Waals surface area (Å²) in [5.74, 6) is 2.34. The zero-order valence-electron chi connectivity index (χ0n) is 71.5. The van der Waals surface area contributed by atoms with Gasteiger partial charge in [0.2, 0.25) is 0 Å². The molecule has 7 heteroatoms. The molecule has 111 heavy (non-hydrogen) atoms. The predicted molar refractivity (Wildman–Crippen MR) is 471 cm³/mol. The Morgan fingerprint density at radius 1 is 0.387 bits per heavy atom. The van der Waals surface area contributed by atoms with Crippen LogP contribution in [0.4, 0.5) is 22.7 Å². The van der Waals surface area contributed by atoms with Crippen LogP contribution >= 0.6 is 0 Å². The van der Waals surface area contributed by atoms with Crippen molar-refractivity contribution in [2.75, 3.05) is 9.80 Å². The monoisotopic (exact) mass is 1650 g/mol. The first kappa shape index (κ1) is 80.1. The van der Waals surface area contributed by atoms with Crippen molar-refractivity contribution in [3.05, 3.63) is 257 Å². The van der Waals surface area contributed by atoms with Gasteiger partial charge in [-0.3, -0.25) is 0 Å². The molecule has 10 aromatic carbocycles. The summed E-state index contributed by atoms with van der Waals surface area (Å²) in [5.41, 5.74) is 28.4. The van der Waals surface area contributed by atoms with E-state index in [-0.39, 0.29) is 76.2 Å². The number of furan rings is 1. The maximum atomic E-state index is 7.56. The van der Waals surface area contributed by atoms with Gasteiger partial charge >= 0.3 is 0 Å². The Kier molecular flexibility index (Phi) is 20.4. The first-order chi connectivity index (χ1) is 51.2. The molecule has 0 atom stereocenters. The Morgan fingerprint density at radius 3 is 1.32 bits per heavy atom. The number of hydrogen-bond donors (Lipinski definition) is 0. The van der Waals surface area contributed by atoms with Crippen molar-refractivity contribution in [1.82, 2.24) is 9.55 Å². The van der Waals surface area contributed by atoms with Gasteiger partial charge in [-0.25, -0.2) is 4.98 Å². The maximum absolute atomic E-state index is 7.56. The summed E-state index contributed by atoms with van der Waals surface area (Å²) in [4.78, 5) is 10.1. The quantitative estimate of drug-likeness (QED) is 0.121. The summed E-state index contributed by atoms with van der Waals surface area (Å²) in [6.45, 7) is 67.6. The van der Waals surface area contributed by atoms with E-state index in [0.717, 1.165) is 89.0 Å². The molecule has 0 saturated heterocycles. The second kappa shape index (κ2) is 28.3.